The fraction of sp³-hybridized carbons (Fsp3) is 0.286. The summed E-state index contributed by atoms with van der Waals surface area (Å²) < 4.78 is 10.6. The Bertz CT molecular complexity index is 523. The Morgan fingerprint density at radius 3 is 2.18 bits per heavy atom. The largest absolute Gasteiger partial charge is 0.493 e. The van der Waals surface area contributed by atoms with Crippen LogP contribution in [0.5, 0.6) is 11.5 Å². The highest BCUT2D eigenvalue weighted by atomic mass is 32.2. The summed E-state index contributed by atoms with van der Waals surface area (Å²) in [6, 6.07) is 10.5. The normalized spacial score (nSPS) is 10.5. The van der Waals surface area contributed by atoms with Gasteiger partial charge in [-0.25, -0.2) is 0 Å². The van der Waals surface area contributed by atoms with Crippen molar-refractivity contribution in [3.05, 3.63) is 30.3 Å². The average Bonchev–Trinajstić information content (AvgIpc) is 2.37. The van der Waals surface area contributed by atoms with E-state index in [1.807, 2.05) is 23.9 Å². The third-order valence-electron chi connectivity index (χ3n) is 2.63. The van der Waals surface area contributed by atoms with Crippen molar-refractivity contribution >= 4 is 22.5 Å². The van der Waals surface area contributed by atoms with E-state index in [-0.39, 0.29) is 0 Å². The van der Waals surface area contributed by atoms with Crippen molar-refractivity contribution in [2.75, 3.05) is 20.0 Å². The number of benzene rings is 2. The van der Waals surface area contributed by atoms with Crippen molar-refractivity contribution in [3.63, 3.8) is 0 Å². The number of ether oxygens (including phenoxy) is 2. The maximum atomic E-state index is 5.31. The molecule has 2 nitrogen and oxygen atoms in total. The monoisotopic (exact) mass is 248 g/mol. The molecule has 0 fully saturated rings. The van der Waals surface area contributed by atoms with E-state index in [0.717, 1.165) is 17.3 Å². The predicted molar refractivity (Wildman–Crippen MR) is 73.5 cm³/mol. The predicted octanol–water partition coefficient (Wildman–Crippen LogP) is 3.97. The van der Waals surface area contributed by atoms with Crippen LogP contribution in [-0.4, -0.2) is 20.0 Å². The lowest BCUT2D eigenvalue weighted by molar-refractivity contribution is 0.356. The molecule has 0 saturated heterocycles. The molecule has 0 unspecified atom stereocenters. The zero-order chi connectivity index (χ0) is 12.3. The van der Waals surface area contributed by atoms with Crippen molar-refractivity contribution in [1.82, 2.24) is 0 Å². The average molecular weight is 248 g/mol. The molecule has 0 atom stereocenters. The topological polar surface area (TPSA) is 18.5 Å². The van der Waals surface area contributed by atoms with Crippen molar-refractivity contribution in [3.8, 4) is 11.5 Å². The van der Waals surface area contributed by atoms with Crippen LogP contribution in [0.3, 0.4) is 0 Å². The molecule has 0 N–H and O–H groups in total. The molecule has 2 rings (SSSR count). The summed E-state index contributed by atoms with van der Waals surface area (Å²) in [5.74, 6) is 2.63. The molecule has 17 heavy (non-hydrogen) atoms. The van der Waals surface area contributed by atoms with E-state index in [0.29, 0.717) is 0 Å². The summed E-state index contributed by atoms with van der Waals surface area (Å²) in [5, 5.41) is 2.35. The molecular formula is C14H16O2S. The summed E-state index contributed by atoms with van der Waals surface area (Å²) in [4.78, 5) is 1.28. The van der Waals surface area contributed by atoms with Gasteiger partial charge >= 0.3 is 0 Å². The van der Waals surface area contributed by atoms with Gasteiger partial charge in [0.2, 0.25) is 0 Å². The van der Waals surface area contributed by atoms with Gasteiger partial charge in [0.25, 0.3) is 0 Å². The Hall–Kier alpha value is -1.35. The first-order valence-corrected chi connectivity index (χ1v) is 6.55. The number of fused-ring (bicyclic) bond motifs is 1. The third-order valence-corrected chi connectivity index (χ3v) is 3.50. The molecule has 2 aromatic carbocycles. The second-order valence-corrected chi connectivity index (χ2v) is 4.99. The van der Waals surface area contributed by atoms with Crippen LogP contribution in [0.2, 0.25) is 0 Å². The summed E-state index contributed by atoms with van der Waals surface area (Å²) in [5.41, 5.74) is 0. The summed E-state index contributed by atoms with van der Waals surface area (Å²) in [6.07, 6.45) is 0. The maximum Gasteiger partial charge on any atom is 0.161 e. The van der Waals surface area contributed by atoms with Crippen molar-refractivity contribution in [2.45, 2.75) is 11.8 Å². The second kappa shape index (κ2) is 5.32. The van der Waals surface area contributed by atoms with Gasteiger partial charge in [-0.1, -0.05) is 13.0 Å². The van der Waals surface area contributed by atoms with Crippen LogP contribution in [-0.2, 0) is 0 Å². The van der Waals surface area contributed by atoms with Crippen LogP contribution in [0.1, 0.15) is 6.92 Å². The summed E-state index contributed by atoms with van der Waals surface area (Å²) in [6.45, 7) is 2.16. The number of hydrogen-bond donors (Lipinski definition) is 0. The molecule has 0 saturated carbocycles. The first kappa shape index (κ1) is 12.1. The lowest BCUT2D eigenvalue weighted by atomic mass is 10.1. The fourth-order valence-electron chi connectivity index (χ4n) is 1.81. The number of thioether (sulfide) groups is 1. The Kier molecular flexibility index (Phi) is 3.79. The van der Waals surface area contributed by atoms with Crippen LogP contribution < -0.4 is 9.47 Å². The first-order valence-electron chi connectivity index (χ1n) is 5.57. The SMILES string of the molecule is CCSc1ccc2cc(OC)c(OC)cc2c1. The van der Waals surface area contributed by atoms with Crippen molar-refractivity contribution < 1.29 is 9.47 Å². The molecule has 90 valence electrons. The number of methoxy groups -OCH3 is 2. The Balaban J connectivity index is 2.54. The minimum absolute atomic E-state index is 0.774. The molecule has 0 aliphatic rings. The molecule has 2 aromatic rings. The standard InChI is InChI=1S/C14H16O2S/c1-4-17-12-6-5-10-8-13(15-2)14(16-3)9-11(10)7-12/h5-9H,4H2,1-3H3. The zero-order valence-electron chi connectivity index (χ0n) is 10.3. The van der Waals surface area contributed by atoms with Crippen molar-refractivity contribution in [1.29, 1.82) is 0 Å². The molecule has 0 bridgehead atoms. The molecule has 3 heteroatoms. The lowest BCUT2D eigenvalue weighted by Gasteiger charge is -2.09. The molecular weight excluding hydrogens is 232 g/mol. The Morgan fingerprint density at radius 1 is 0.941 bits per heavy atom. The molecule has 0 aliphatic heterocycles. The van der Waals surface area contributed by atoms with Gasteiger partial charge in [-0.05, 0) is 40.8 Å². The van der Waals surface area contributed by atoms with Gasteiger partial charge < -0.3 is 9.47 Å². The highest BCUT2D eigenvalue weighted by molar-refractivity contribution is 7.99. The highest BCUT2D eigenvalue weighted by Crippen LogP contribution is 2.33. The Labute approximate surface area is 106 Å². The summed E-state index contributed by atoms with van der Waals surface area (Å²) >= 11 is 1.84. The van der Waals surface area contributed by atoms with Gasteiger partial charge in [0.05, 0.1) is 14.2 Å². The van der Waals surface area contributed by atoms with E-state index in [4.69, 9.17) is 9.47 Å². The van der Waals surface area contributed by atoms with E-state index >= 15 is 0 Å². The molecule has 0 amide bonds. The van der Waals surface area contributed by atoms with E-state index < -0.39 is 0 Å². The van der Waals surface area contributed by atoms with Crippen LogP contribution in [0.25, 0.3) is 10.8 Å². The van der Waals surface area contributed by atoms with Gasteiger partial charge in [0, 0.05) is 4.90 Å². The second-order valence-electron chi connectivity index (χ2n) is 3.65. The fourth-order valence-corrected chi connectivity index (χ4v) is 2.52. The van der Waals surface area contributed by atoms with Crippen LogP contribution >= 0.6 is 11.8 Å². The first-order chi connectivity index (χ1) is 8.28. The van der Waals surface area contributed by atoms with Crippen LogP contribution in [0, 0.1) is 0 Å². The Morgan fingerprint density at radius 2 is 1.59 bits per heavy atom. The molecule has 0 aromatic heterocycles. The minimum Gasteiger partial charge on any atom is -0.493 e. The highest BCUT2D eigenvalue weighted by Gasteiger charge is 2.06. The summed E-state index contributed by atoms with van der Waals surface area (Å²) in [7, 11) is 3.32. The number of hydrogen-bond acceptors (Lipinski definition) is 3. The van der Waals surface area contributed by atoms with E-state index in [9.17, 15) is 0 Å². The smallest absolute Gasteiger partial charge is 0.161 e. The van der Waals surface area contributed by atoms with E-state index in [1.165, 1.54) is 15.7 Å². The van der Waals surface area contributed by atoms with Crippen LogP contribution in [0.15, 0.2) is 35.2 Å². The quantitative estimate of drug-likeness (QED) is 0.763. The molecule has 0 spiro atoms. The lowest BCUT2D eigenvalue weighted by Crippen LogP contribution is -1.90. The zero-order valence-corrected chi connectivity index (χ0v) is 11.1. The van der Waals surface area contributed by atoms with E-state index in [2.05, 4.69) is 25.1 Å². The van der Waals surface area contributed by atoms with Crippen LogP contribution in [0.4, 0.5) is 0 Å². The maximum absolute atomic E-state index is 5.31. The molecule has 0 radical (unpaired) electrons. The molecule has 0 heterocycles. The van der Waals surface area contributed by atoms with Gasteiger partial charge in [-0.2, -0.15) is 0 Å². The minimum atomic E-state index is 0.774. The van der Waals surface area contributed by atoms with Gasteiger partial charge in [-0.3, -0.25) is 0 Å². The van der Waals surface area contributed by atoms with Gasteiger partial charge in [0.1, 0.15) is 0 Å². The van der Waals surface area contributed by atoms with Gasteiger partial charge in [0.15, 0.2) is 11.5 Å². The van der Waals surface area contributed by atoms with E-state index in [1.54, 1.807) is 14.2 Å². The van der Waals surface area contributed by atoms with Crippen molar-refractivity contribution in [2.24, 2.45) is 0 Å². The number of rotatable bonds is 4. The van der Waals surface area contributed by atoms with Gasteiger partial charge in [-0.15, -0.1) is 11.8 Å². The molecule has 0 aliphatic carbocycles. The third kappa shape index (κ3) is 2.50.